The lowest BCUT2D eigenvalue weighted by Crippen LogP contribution is -2.61. The molecule has 79 heavy (non-hydrogen) atoms. The number of hydrogen-bond donors (Lipinski definition) is 3. The van der Waals surface area contributed by atoms with Gasteiger partial charge in [0.1, 0.15) is 18.8 Å². The van der Waals surface area contributed by atoms with Crippen LogP contribution < -0.4 is 0 Å². The van der Waals surface area contributed by atoms with E-state index in [4.69, 9.17) is 23.7 Å². The van der Waals surface area contributed by atoms with Crippen LogP contribution in [0.1, 0.15) is 278 Å². The van der Waals surface area contributed by atoms with Gasteiger partial charge in [0.05, 0.1) is 6.61 Å². The van der Waals surface area contributed by atoms with Gasteiger partial charge in [-0.15, -0.1) is 0 Å². The second-order valence-corrected chi connectivity index (χ2v) is 21.7. The van der Waals surface area contributed by atoms with Crippen molar-refractivity contribution in [2.75, 3.05) is 13.2 Å². The molecule has 0 aromatic carbocycles. The quantitative estimate of drug-likeness (QED) is 0.0228. The van der Waals surface area contributed by atoms with Crippen molar-refractivity contribution < 1.29 is 58.2 Å². The average Bonchev–Trinajstić information content (AvgIpc) is 3.43. The van der Waals surface area contributed by atoms with Gasteiger partial charge in [0, 0.05) is 19.3 Å². The minimum atomic E-state index is -1.92. The van der Waals surface area contributed by atoms with Crippen LogP contribution in [0.25, 0.3) is 0 Å². The van der Waals surface area contributed by atoms with Crippen LogP contribution in [0.2, 0.25) is 0 Å². The molecule has 1 rings (SSSR count). The molecule has 0 aliphatic carbocycles. The summed E-state index contributed by atoms with van der Waals surface area (Å²) in [6.45, 7) is 5.83. The summed E-state index contributed by atoms with van der Waals surface area (Å²) in [5, 5.41) is 31.6. The molecule has 0 spiro atoms. The van der Waals surface area contributed by atoms with E-state index in [1.807, 2.05) is 12.2 Å². The van der Waals surface area contributed by atoms with E-state index in [1.165, 1.54) is 128 Å². The van der Waals surface area contributed by atoms with Crippen LogP contribution in [0.5, 0.6) is 0 Å². The molecule has 1 aliphatic heterocycles. The van der Waals surface area contributed by atoms with Crippen LogP contribution >= 0.6 is 0 Å². The second-order valence-electron chi connectivity index (χ2n) is 21.7. The van der Waals surface area contributed by atoms with Crippen LogP contribution in [0.3, 0.4) is 0 Å². The lowest BCUT2D eigenvalue weighted by Gasteiger charge is -2.40. The summed E-state index contributed by atoms with van der Waals surface area (Å²) >= 11 is 0. The monoisotopic (exact) mass is 1110 g/mol. The summed E-state index contributed by atoms with van der Waals surface area (Å²) in [4.78, 5) is 51.2. The smallest absolute Gasteiger partial charge is 0.335 e. The number of aliphatic carboxylic acids is 1. The predicted molar refractivity (Wildman–Crippen MR) is 322 cm³/mol. The third-order valence-electron chi connectivity index (χ3n) is 14.3. The van der Waals surface area contributed by atoms with Crippen molar-refractivity contribution >= 4 is 23.9 Å². The average molecular weight is 1110 g/mol. The first-order valence-corrected chi connectivity index (χ1v) is 31.9. The Hall–Kier alpha value is -3.84. The number of carboxylic acid groups (broad SMARTS) is 1. The van der Waals surface area contributed by atoms with Gasteiger partial charge in [-0.2, -0.15) is 0 Å². The van der Waals surface area contributed by atoms with Gasteiger partial charge in [0.15, 0.2) is 24.6 Å². The molecule has 1 heterocycles. The molecule has 0 amide bonds. The lowest BCUT2D eigenvalue weighted by molar-refractivity contribution is -0.301. The van der Waals surface area contributed by atoms with Gasteiger partial charge < -0.3 is 39.0 Å². The zero-order valence-electron chi connectivity index (χ0n) is 50.1. The van der Waals surface area contributed by atoms with Gasteiger partial charge in [-0.25, -0.2) is 4.79 Å². The highest BCUT2D eigenvalue weighted by atomic mass is 16.7. The maximum atomic E-state index is 13.1. The molecule has 6 unspecified atom stereocenters. The molecule has 0 aromatic heterocycles. The van der Waals surface area contributed by atoms with E-state index in [-0.39, 0.29) is 25.9 Å². The minimum absolute atomic E-state index is 0.0400. The van der Waals surface area contributed by atoms with E-state index in [0.29, 0.717) is 25.7 Å². The fraction of sp³-hybridized carbons (Fsp3) is 0.761. The largest absolute Gasteiger partial charge is 0.479 e. The Kier molecular flexibility index (Phi) is 50.7. The van der Waals surface area contributed by atoms with E-state index in [2.05, 4.69) is 81.5 Å². The summed E-state index contributed by atoms with van der Waals surface area (Å²) in [5.74, 6) is -3.23. The van der Waals surface area contributed by atoms with Crippen molar-refractivity contribution in [1.82, 2.24) is 0 Å². The SMILES string of the molecule is CC/C=C\C/C=C\C/C=C\C/C=C\CCC(=O)OC(COC(=O)CCCCCCCCC/C=C\CCCCCCCC)COC1OC(C(=O)O)C(O)C(O)C1OC(=O)CCCCCCCCCCC/C=C\CCCCCCCC. The van der Waals surface area contributed by atoms with E-state index in [1.54, 1.807) is 0 Å². The Morgan fingerprint density at radius 2 is 0.823 bits per heavy atom. The number of ether oxygens (including phenoxy) is 5. The Morgan fingerprint density at radius 3 is 1.27 bits per heavy atom. The van der Waals surface area contributed by atoms with Crippen LogP contribution in [0.4, 0.5) is 0 Å². The number of aliphatic hydroxyl groups is 2. The minimum Gasteiger partial charge on any atom is -0.479 e. The number of rotatable bonds is 54. The molecule has 12 heteroatoms. The summed E-state index contributed by atoms with van der Waals surface area (Å²) in [7, 11) is 0. The number of carbonyl (C=O) groups is 4. The van der Waals surface area contributed by atoms with E-state index < -0.39 is 67.3 Å². The number of aliphatic hydroxyl groups excluding tert-OH is 2. The molecule has 3 N–H and O–H groups in total. The molecular weight excluding hydrogens is 997 g/mol. The first-order chi connectivity index (χ1) is 38.6. The summed E-state index contributed by atoms with van der Waals surface area (Å²) in [5.41, 5.74) is 0. The molecule has 0 radical (unpaired) electrons. The molecule has 6 atom stereocenters. The van der Waals surface area contributed by atoms with Gasteiger partial charge in [-0.3, -0.25) is 14.4 Å². The number of carbonyl (C=O) groups excluding carboxylic acids is 3. The summed E-state index contributed by atoms with van der Waals surface area (Å²) < 4.78 is 28.4. The molecule has 0 saturated carbocycles. The van der Waals surface area contributed by atoms with Crippen molar-refractivity contribution in [3.05, 3.63) is 72.9 Å². The molecule has 1 saturated heterocycles. The molecule has 0 aromatic rings. The van der Waals surface area contributed by atoms with Crippen LogP contribution in [-0.2, 0) is 42.9 Å². The summed E-state index contributed by atoms with van der Waals surface area (Å²) in [6.07, 6.45) is 57.4. The van der Waals surface area contributed by atoms with Gasteiger partial charge >= 0.3 is 23.9 Å². The van der Waals surface area contributed by atoms with Crippen molar-refractivity contribution in [3.63, 3.8) is 0 Å². The molecule has 12 nitrogen and oxygen atoms in total. The molecule has 0 bridgehead atoms. The maximum Gasteiger partial charge on any atom is 0.335 e. The molecule has 454 valence electrons. The first kappa shape index (κ1) is 73.2. The third kappa shape index (κ3) is 44.5. The van der Waals surface area contributed by atoms with Crippen molar-refractivity contribution in [2.24, 2.45) is 0 Å². The number of hydrogen-bond acceptors (Lipinski definition) is 11. The van der Waals surface area contributed by atoms with E-state index >= 15 is 0 Å². The highest BCUT2D eigenvalue weighted by molar-refractivity contribution is 5.74. The standard InChI is InChI=1S/C67H114O12/c1-4-7-10-13-16-19-22-25-27-29-30-32-34-37-40-43-46-49-52-55-61(70)78-65-63(72)62(71)64(66(73)74)79-67(65)76-57-58(77-60(69)54-51-48-45-42-39-35-24-21-18-15-12-9-6-3)56-75-59(68)53-50-47-44-41-38-36-33-31-28-26-23-20-17-14-11-8-5-2/h9,12,18,21,25-28,35,39,45,48,58,62-65,67,71-72H,4-8,10-11,13-17,19-20,22-24,29-34,36-38,40-44,46-47,49-57H2,1-3H3,(H,73,74)/b12-9-,21-18-,27-25-,28-26-,39-35-,48-45-. The lowest BCUT2D eigenvalue weighted by atomic mass is 9.98. The Bertz CT molecular complexity index is 1650. The van der Waals surface area contributed by atoms with Crippen molar-refractivity contribution in [3.8, 4) is 0 Å². The van der Waals surface area contributed by atoms with E-state index in [9.17, 15) is 34.5 Å². The normalized spacial score (nSPS) is 18.3. The zero-order chi connectivity index (χ0) is 57.5. The third-order valence-corrected chi connectivity index (χ3v) is 14.3. The number of unbranched alkanes of at least 4 members (excludes halogenated alkanes) is 28. The van der Waals surface area contributed by atoms with Gasteiger partial charge in [-0.05, 0) is 96.3 Å². The molecule has 1 aliphatic rings. The molecule has 1 fully saturated rings. The number of carboxylic acids is 1. The number of esters is 3. The van der Waals surface area contributed by atoms with E-state index in [0.717, 1.165) is 83.5 Å². The van der Waals surface area contributed by atoms with Crippen molar-refractivity contribution in [2.45, 2.75) is 314 Å². The number of allylic oxidation sites excluding steroid dienone is 12. The van der Waals surface area contributed by atoms with Gasteiger partial charge in [0.2, 0.25) is 0 Å². The predicted octanol–water partition coefficient (Wildman–Crippen LogP) is 16.9. The second kappa shape index (κ2) is 54.7. The zero-order valence-corrected chi connectivity index (χ0v) is 50.1. The fourth-order valence-electron chi connectivity index (χ4n) is 9.37. The van der Waals surface area contributed by atoms with Crippen LogP contribution in [0.15, 0.2) is 72.9 Å². The highest BCUT2D eigenvalue weighted by Gasteiger charge is 2.50. The Morgan fingerprint density at radius 1 is 0.430 bits per heavy atom. The Labute approximate surface area is 480 Å². The molecular formula is C67H114O12. The first-order valence-electron chi connectivity index (χ1n) is 31.9. The van der Waals surface area contributed by atoms with Gasteiger partial charge in [-0.1, -0.05) is 235 Å². The van der Waals surface area contributed by atoms with Crippen LogP contribution in [-0.4, -0.2) is 89.2 Å². The topological polar surface area (TPSA) is 175 Å². The highest BCUT2D eigenvalue weighted by Crippen LogP contribution is 2.26. The van der Waals surface area contributed by atoms with Crippen molar-refractivity contribution in [1.29, 1.82) is 0 Å². The maximum absolute atomic E-state index is 13.1. The fourth-order valence-corrected chi connectivity index (χ4v) is 9.37. The van der Waals surface area contributed by atoms with Crippen LogP contribution in [0, 0.1) is 0 Å². The van der Waals surface area contributed by atoms with Gasteiger partial charge in [0.25, 0.3) is 0 Å². The Balaban J connectivity index is 2.67. The summed E-state index contributed by atoms with van der Waals surface area (Å²) in [6, 6.07) is 0.